The second kappa shape index (κ2) is 3.97. The summed E-state index contributed by atoms with van der Waals surface area (Å²) in [7, 11) is 0. The van der Waals surface area contributed by atoms with Gasteiger partial charge in [0.05, 0.1) is 0 Å². The Labute approximate surface area is 96.9 Å². The van der Waals surface area contributed by atoms with Gasteiger partial charge in [-0.25, -0.2) is 0 Å². The van der Waals surface area contributed by atoms with Crippen molar-refractivity contribution < 1.29 is 4.79 Å². The number of anilines is 1. The number of para-hydroxylation sites is 1. The van der Waals surface area contributed by atoms with Crippen molar-refractivity contribution in [2.24, 2.45) is 0 Å². The van der Waals surface area contributed by atoms with Crippen LogP contribution in [0.2, 0.25) is 0 Å². The number of carbonyl (C=O) groups is 1. The van der Waals surface area contributed by atoms with Gasteiger partial charge in [-0.2, -0.15) is 0 Å². The van der Waals surface area contributed by atoms with E-state index in [9.17, 15) is 4.79 Å². The minimum atomic E-state index is -1.96. The molecule has 2 nitrogen and oxygen atoms in total. The first-order chi connectivity index (χ1) is 6.34. The fraction of sp³-hybridized carbons (Fsp3) is 0.222. The summed E-state index contributed by atoms with van der Waals surface area (Å²) in [6.45, 7) is 1.78. The summed E-state index contributed by atoms with van der Waals surface area (Å²) in [5.74, 6) is -0.608. The SMILES string of the molecule is Cc1cccc(C(=O)C(Cl)(Cl)Cl)c1N. The van der Waals surface area contributed by atoms with Crippen LogP contribution in [-0.4, -0.2) is 9.58 Å². The molecule has 1 aromatic carbocycles. The quantitative estimate of drug-likeness (QED) is 0.474. The maximum atomic E-state index is 11.6. The van der Waals surface area contributed by atoms with Gasteiger partial charge in [0.25, 0.3) is 3.79 Å². The fourth-order valence-corrected chi connectivity index (χ4v) is 1.34. The van der Waals surface area contributed by atoms with Crippen molar-refractivity contribution in [2.75, 3.05) is 5.73 Å². The van der Waals surface area contributed by atoms with E-state index >= 15 is 0 Å². The van der Waals surface area contributed by atoms with E-state index in [0.29, 0.717) is 5.69 Å². The van der Waals surface area contributed by atoms with E-state index in [1.165, 1.54) is 6.07 Å². The highest BCUT2D eigenvalue weighted by Gasteiger charge is 2.32. The first-order valence-corrected chi connectivity index (χ1v) is 4.94. The number of hydrogen-bond donors (Lipinski definition) is 1. The van der Waals surface area contributed by atoms with Crippen molar-refractivity contribution in [3.8, 4) is 0 Å². The van der Waals surface area contributed by atoms with Crippen LogP contribution in [0, 0.1) is 6.92 Å². The molecule has 5 heteroatoms. The largest absolute Gasteiger partial charge is 0.398 e. The molecule has 0 heterocycles. The van der Waals surface area contributed by atoms with Crippen LogP contribution in [0.5, 0.6) is 0 Å². The number of alkyl halides is 3. The fourth-order valence-electron chi connectivity index (χ4n) is 1.03. The number of nitrogen functional groups attached to an aromatic ring is 1. The third kappa shape index (κ3) is 2.32. The monoisotopic (exact) mass is 251 g/mol. The summed E-state index contributed by atoms with van der Waals surface area (Å²) in [5, 5.41) is 0. The molecule has 0 saturated carbocycles. The Hall–Kier alpha value is -0.440. The van der Waals surface area contributed by atoms with E-state index in [4.69, 9.17) is 40.5 Å². The molecule has 0 fully saturated rings. The van der Waals surface area contributed by atoms with Crippen LogP contribution in [-0.2, 0) is 0 Å². The minimum Gasteiger partial charge on any atom is -0.398 e. The Morgan fingerprint density at radius 2 is 1.93 bits per heavy atom. The molecular weight excluding hydrogens is 244 g/mol. The molecule has 0 unspecified atom stereocenters. The molecule has 1 aromatic rings. The number of aryl methyl sites for hydroxylation is 1. The number of nitrogens with two attached hydrogens (primary N) is 1. The molecule has 0 bridgehead atoms. The molecule has 0 radical (unpaired) electrons. The first kappa shape index (κ1) is 11.6. The van der Waals surface area contributed by atoms with Crippen molar-refractivity contribution >= 4 is 46.3 Å². The zero-order chi connectivity index (χ0) is 10.9. The predicted octanol–water partition coefficient (Wildman–Crippen LogP) is 3.13. The van der Waals surface area contributed by atoms with Crippen molar-refractivity contribution in [3.63, 3.8) is 0 Å². The highest BCUT2D eigenvalue weighted by molar-refractivity contribution is 6.77. The molecule has 14 heavy (non-hydrogen) atoms. The molecule has 0 aliphatic carbocycles. The predicted molar refractivity (Wildman–Crippen MR) is 60.2 cm³/mol. The zero-order valence-electron chi connectivity index (χ0n) is 7.35. The van der Waals surface area contributed by atoms with Gasteiger partial charge >= 0.3 is 0 Å². The Morgan fingerprint density at radius 1 is 1.36 bits per heavy atom. The lowest BCUT2D eigenvalue weighted by atomic mass is 10.1. The molecule has 0 aliphatic heterocycles. The van der Waals surface area contributed by atoms with E-state index in [1.54, 1.807) is 19.1 Å². The molecule has 0 atom stereocenters. The Bertz CT molecular complexity index is 371. The Kier molecular flexibility index (Phi) is 3.30. The van der Waals surface area contributed by atoms with Gasteiger partial charge in [-0.1, -0.05) is 46.9 Å². The van der Waals surface area contributed by atoms with Crippen molar-refractivity contribution in [2.45, 2.75) is 10.7 Å². The first-order valence-electron chi connectivity index (χ1n) is 3.80. The second-order valence-electron chi connectivity index (χ2n) is 2.86. The summed E-state index contributed by atoms with van der Waals surface area (Å²) in [6.07, 6.45) is 0. The lowest BCUT2D eigenvalue weighted by Crippen LogP contribution is -2.20. The van der Waals surface area contributed by atoms with Crippen LogP contribution in [0.3, 0.4) is 0 Å². The Balaban J connectivity index is 3.21. The normalized spacial score (nSPS) is 11.4. The van der Waals surface area contributed by atoms with Crippen molar-refractivity contribution in [1.29, 1.82) is 0 Å². The summed E-state index contributed by atoms with van der Waals surface area (Å²) in [6, 6.07) is 5.01. The number of ketones is 1. The third-order valence-corrected chi connectivity index (χ3v) is 2.34. The minimum absolute atomic E-state index is 0.241. The average molecular weight is 253 g/mol. The van der Waals surface area contributed by atoms with Gasteiger partial charge in [0.15, 0.2) is 0 Å². The van der Waals surface area contributed by atoms with E-state index in [1.807, 2.05) is 0 Å². The molecular formula is C9H8Cl3NO. The van der Waals surface area contributed by atoms with Crippen molar-refractivity contribution in [1.82, 2.24) is 0 Å². The van der Waals surface area contributed by atoms with Crippen LogP contribution in [0.1, 0.15) is 15.9 Å². The topological polar surface area (TPSA) is 43.1 Å². The number of benzene rings is 1. The van der Waals surface area contributed by atoms with Gasteiger partial charge < -0.3 is 5.73 Å². The van der Waals surface area contributed by atoms with Crippen LogP contribution in [0.25, 0.3) is 0 Å². The second-order valence-corrected chi connectivity index (χ2v) is 5.14. The van der Waals surface area contributed by atoms with E-state index in [-0.39, 0.29) is 5.56 Å². The molecule has 0 aliphatic rings. The maximum Gasteiger partial charge on any atom is 0.253 e. The van der Waals surface area contributed by atoms with Gasteiger partial charge in [-0.05, 0) is 18.6 Å². The van der Waals surface area contributed by atoms with Crippen LogP contribution in [0.4, 0.5) is 5.69 Å². The van der Waals surface area contributed by atoms with E-state index < -0.39 is 9.58 Å². The molecule has 0 amide bonds. The number of hydrogen-bond acceptors (Lipinski definition) is 2. The van der Waals surface area contributed by atoms with Crippen LogP contribution < -0.4 is 5.73 Å². The molecule has 2 N–H and O–H groups in total. The number of carbonyl (C=O) groups excluding carboxylic acids is 1. The smallest absolute Gasteiger partial charge is 0.253 e. The standard InChI is InChI=1S/C9H8Cl3NO/c1-5-3-2-4-6(7(5)13)8(14)9(10,11)12/h2-4H,13H2,1H3. The maximum absolute atomic E-state index is 11.6. The molecule has 0 saturated heterocycles. The lowest BCUT2D eigenvalue weighted by molar-refractivity contribution is 0.0997. The van der Waals surface area contributed by atoms with Gasteiger partial charge in [0, 0.05) is 11.3 Å². The average Bonchev–Trinajstić information content (AvgIpc) is 2.07. The van der Waals surface area contributed by atoms with Crippen molar-refractivity contribution in [3.05, 3.63) is 29.3 Å². The van der Waals surface area contributed by atoms with Gasteiger partial charge in [0.2, 0.25) is 5.78 Å². The highest BCUT2D eigenvalue weighted by atomic mass is 35.6. The summed E-state index contributed by atoms with van der Waals surface area (Å²) >= 11 is 16.4. The number of rotatable bonds is 1. The van der Waals surface area contributed by atoms with Crippen LogP contribution >= 0.6 is 34.8 Å². The number of Topliss-reactive ketones (excluding diaryl/α,β-unsaturated/α-hetero) is 1. The van der Waals surface area contributed by atoms with E-state index in [0.717, 1.165) is 5.56 Å². The molecule has 0 aromatic heterocycles. The van der Waals surface area contributed by atoms with Gasteiger partial charge in [0.1, 0.15) is 0 Å². The summed E-state index contributed by atoms with van der Waals surface area (Å²) < 4.78 is -1.96. The summed E-state index contributed by atoms with van der Waals surface area (Å²) in [5.41, 5.74) is 7.06. The molecule has 1 rings (SSSR count). The number of halogens is 3. The third-order valence-electron chi connectivity index (χ3n) is 1.83. The highest BCUT2D eigenvalue weighted by Crippen LogP contribution is 2.32. The molecule has 76 valence electrons. The Morgan fingerprint density at radius 3 is 2.43 bits per heavy atom. The molecule has 0 spiro atoms. The van der Waals surface area contributed by atoms with E-state index in [2.05, 4.69) is 0 Å². The van der Waals surface area contributed by atoms with Gasteiger partial charge in [-0.15, -0.1) is 0 Å². The van der Waals surface area contributed by atoms with Gasteiger partial charge in [-0.3, -0.25) is 4.79 Å². The van der Waals surface area contributed by atoms with Crippen LogP contribution in [0.15, 0.2) is 18.2 Å². The summed E-state index contributed by atoms with van der Waals surface area (Å²) in [4.78, 5) is 11.6. The lowest BCUT2D eigenvalue weighted by Gasteiger charge is -2.12. The zero-order valence-corrected chi connectivity index (χ0v) is 9.62.